The minimum absolute atomic E-state index is 0.265. The Balaban J connectivity index is 1.82. The van der Waals surface area contributed by atoms with E-state index in [1.54, 1.807) is 0 Å². The third-order valence-corrected chi connectivity index (χ3v) is 5.60. The average Bonchev–Trinajstić information content (AvgIpc) is 2.81. The van der Waals surface area contributed by atoms with Gasteiger partial charge in [-0.2, -0.15) is 0 Å². The second kappa shape index (κ2) is 5.34. The Morgan fingerprint density at radius 3 is 2.56 bits per heavy atom. The Bertz CT molecular complexity index is 354. The van der Waals surface area contributed by atoms with Crippen LogP contribution in [0.5, 0.6) is 0 Å². The number of nitrogens with one attached hydrogen (secondary N) is 1. The van der Waals surface area contributed by atoms with Gasteiger partial charge in [0.1, 0.15) is 0 Å². The van der Waals surface area contributed by atoms with Crippen molar-refractivity contribution < 1.29 is 0 Å². The second-order valence-corrected chi connectivity index (χ2v) is 8.13. The molecule has 1 saturated carbocycles. The Hall–Kier alpha value is -0.340. The third kappa shape index (κ3) is 3.58. The Labute approximate surface area is 116 Å². The predicted molar refractivity (Wildman–Crippen MR) is 81.4 cm³/mol. The van der Waals surface area contributed by atoms with Crippen LogP contribution < -0.4 is 5.32 Å². The molecule has 1 aliphatic rings. The summed E-state index contributed by atoms with van der Waals surface area (Å²) in [5.41, 5.74) is 0.836. The van der Waals surface area contributed by atoms with Crippen LogP contribution in [-0.2, 0) is 5.41 Å². The van der Waals surface area contributed by atoms with Gasteiger partial charge in [-0.05, 0) is 42.5 Å². The summed E-state index contributed by atoms with van der Waals surface area (Å²) in [4.78, 5) is 1.49. The van der Waals surface area contributed by atoms with Crippen molar-refractivity contribution in [2.24, 2.45) is 5.41 Å². The van der Waals surface area contributed by atoms with E-state index in [-0.39, 0.29) is 5.41 Å². The van der Waals surface area contributed by atoms with Gasteiger partial charge in [-0.1, -0.05) is 33.8 Å². The molecule has 102 valence electrons. The lowest BCUT2D eigenvalue weighted by atomic mass is 9.75. The van der Waals surface area contributed by atoms with E-state index >= 15 is 0 Å². The van der Waals surface area contributed by atoms with E-state index in [0.717, 1.165) is 12.6 Å². The lowest BCUT2D eigenvalue weighted by Gasteiger charge is -2.36. The molecule has 0 saturated heterocycles. The first kappa shape index (κ1) is 14.1. The quantitative estimate of drug-likeness (QED) is 0.840. The van der Waals surface area contributed by atoms with Gasteiger partial charge in [-0.25, -0.2) is 0 Å². The fourth-order valence-electron chi connectivity index (χ4n) is 2.75. The van der Waals surface area contributed by atoms with Gasteiger partial charge >= 0.3 is 0 Å². The van der Waals surface area contributed by atoms with Gasteiger partial charge in [-0.15, -0.1) is 11.3 Å². The van der Waals surface area contributed by atoms with E-state index < -0.39 is 0 Å². The van der Waals surface area contributed by atoms with Crippen LogP contribution in [-0.4, -0.2) is 12.6 Å². The van der Waals surface area contributed by atoms with E-state index in [9.17, 15) is 0 Å². The van der Waals surface area contributed by atoms with E-state index in [0.29, 0.717) is 5.41 Å². The lowest BCUT2D eigenvalue weighted by molar-refractivity contribution is 0.202. The van der Waals surface area contributed by atoms with Crippen molar-refractivity contribution in [3.63, 3.8) is 0 Å². The van der Waals surface area contributed by atoms with Crippen molar-refractivity contribution >= 4 is 11.3 Å². The van der Waals surface area contributed by atoms with Gasteiger partial charge < -0.3 is 5.32 Å². The molecule has 0 aliphatic heterocycles. The van der Waals surface area contributed by atoms with E-state index in [1.165, 1.54) is 30.6 Å². The maximum absolute atomic E-state index is 3.79. The fraction of sp³-hybridized carbons (Fsp3) is 0.750. The summed E-state index contributed by atoms with van der Waals surface area (Å²) >= 11 is 1.88. The molecule has 0 amide bonds. The first-order valence-electron chi connectivity index (χ1n) is 7.16. The molecule has 0 unspecified atom stereocenters. The van der Waals surface area contributed by atoms with Gasteiger partial charge in [0, 0.05) is 22.9 Å². The smallest absolute Gasteiger partial charge is 0.0115 e. The summed E-state index contributed by atoms with van der Waals surface area (Å²) in [6, 6.07) is 5.15. The summed E-state index contributed by atoms with van der Waals surface area (Å²) in [6.07, 6.45) is 5.41. The molecule has 0 spiro atoms. The zero-order chi connectivity index (χ0) is 13.2. The van der Waals surface area contributed by atoms with Crippen LogP contribution in [0.2, 0.25) is 0 Å². The van der Waals surface area contributed by atoms with Crippen molar-refractivity contribution in [1.29, 1.82) is 0 Å². The SMILES string of the molecule is CC1(C)CCC(NCC(C)(C)c2cccs2)CC1. The fourth-order valence-corrected chi connectivity index (χ4v) is 3.61. The van der Waals surface area contributed by atoms with Crippen LogP contribution >= 0.6 is 11.3 Å². The van der Waals surface area contributed by atoms with Crippen molar-refractivity contribution in [3.8, 4) is 0 Å². The van der Waals surface area contributed by atoms with Crippen molar-refractivity contribution in [2.75, 3.05) is 6.54 Å². The lowest BCUT2D eigenvalue weighted by Crippen LogP contribution is -2.41. The molecule has 1 aromatic heterocycles. The van der Waals surface area contributed by atoms with Crippen LogP contribution in [0.15, 0.2) is 17.5 Å². The molecule has 0 radical (unpaired) electrons. The molecule has 1 fully saturated rings. The van der Waals surface area contributed by atoms with Crippen molar-refractivity contribution in [1.82, 2.24) is 5.32 Å². The molecule has 0 bridgehead atoms. The van der Waals surface area contributed by atoms with Crippen LogP contribution in [0.1, 0.15) is 58.3 Å². The topological polar surface area (TPSA) is 12.0 Å². The summed E-state index contributed by atoms with van der Waals surface area (Å²) < 4.78 is 0. The normalized spacial score (nSPS) is 21.1. The summed E-state index contributed by atoms with van der Waals surface area (Å²) in [5.74, 6) is 0. The summed E-state index contributed by atoms with van der Waals surface area (Å²) in [6.45, 7) is 10.6. The molecular weight excluding hydrogens is 238 g/mol. The van der Waals surface area contributed by atoms with Crippen molar-refractivity contribution in [2.45, 2.75) is 64.8 Å². The number of rotatable bonds is 4. The van der Waals surface area contributed by atoms with Crippen LogP contribution in [0, 0.1) is 5.41 Å². The maximum atomic E-state index is 3.79. The first-order valence-corrected chi connectivity index (χ1v) is 8.04. The van der Waals surface area contributed by atoms with Gasteiger partial charge in [0.15, 0.2) is 0 Å². The van der Waals surface area contributed by atoms with Gasteiger partial charge in [0.25, 0.3) is 0 Å². The maximum Gasteiger partial charge on any atom is 0.0115 e. The molecule has 1 N–H and O–H groups in total. The first-order chi connectivity index (χ1) is 8.39. The van der Waals surface area contributed by atoms with Crippen LogP contribution in [0.3, 0.4) is 0 Å². The molecule has 1 aliphatic carbocycles. The standard InChI is InChI=1S/C16H27NS/c1-15(2)9-7-13(8-10-15)17-12-16(3,4)14-6-5-11-18-14/h5-6,11,13,17H,7-10,12H2,1-4H3. The van der Waals surface area contributed by atoms with Crippen LogP contribution in [0.25, 0.3) is 0 Å². The largest absolute Gasteiger partial charge is 0.313 e. The molecule has 1 aromatic rings. The third-order valence-electron chi connectivity index (χ3n) is 4.36. The van der Waals surface area contributed by atoms with Gasteiger partial charge in [0.2, 0.25) is 0 Å². The molecule has 0 aromatic carbocycles. The van der Waals surface area contributed by atoms with Gasteiger partial charge in [0.05, 0.1) is 0 Å². The van der Waals surface area contributed by atoms with E-state index in [4.69, 9.17) is 0 Å². The van der Waals surface area contributed by atoms with Gasteiger partial charge in [-0.3, -0.25) is 0 Å². The number of thiophene rings is 1. The summed E-state index contributed by atoms with van der Waals surface area (Å²) in [7, 11) is 0. The molecule has 1 nitrogen and oxygen atoms in total. The molecule has 1 heterocycles. The minimum atomic E-state index is 0.265. The van der Waals surface area contributed by atoms with Crippen molar-refractivity contribution in [3.05, 3.63) is 22.4 Å². The minimum Gasteiger partial charge on any atom is -0.313 e. The average molecular weight is 265 g/mol. The molecular formula is C16H27NS. The number of hydrogen-bond donors (Lipinski definition) is 1. The second-order valence-electron chi connectivity index (χ2n) is 7.18. The highest BCUT2D eigenvalue weighted by atomic mass is 32.1. The highest BCUT2D eigenvalue weighted by molar-refractivity contribution is 7.10. The highest BCUT2D eigenvalue weighted by Gasteiger charge is 2.28. The highest BCUT2D eigenvalue weighted by Crippen LogP contribution is 2.35. The molecule has 2 heteroatoms. The molecule has 0 atom stereocenters. The Morgan fingerprint density at radius 1 is 1.33 bits per heavy atom. The number of hydrogen-bond acceptors (Lipinski definition) is 2. The molecule has 2 rings (SSSR count). The zero-order valence-electron chi connectivity index (χ0n) is 12.3. The van der Waals surface area contributed by atoms with E-state index in [1.807, 2.05) is 11.3 Å². The van der Waals surface area contributed by atoms with E-state index in [2.05, 4.69) is 50.5 Å². The predicted octanol–water partition coefficient (Wildman–Crippen LogP) is 4.58. The Kier molecular flexibility index (Phi) is 4.18. The molecule has 18 heavy (non-hydrogen) atoms. The Morgan fingerprint density at radius 2 is 2.00 bits per heavy atom. The zero-order valence-corrected chi connectivity index (χ0v) is 13.1. The monoisotopic (exact) mass is 265 g/mol. The summed E-state index contributed by atoms with van der Waals surface area (Å²) in [5, 5.41) is 5.98. The van der Waals surface area contributed by atoms with Crippen LogP contribution in [0.4, 0.5) is 0 Å².